The summed E-state index contributed by atoms with van der Waals surface area (Å²) >= 11 is 4.38. The highest BCUT2D eigenvalue weighted by atomic mass is 32.8. The molecule has 0 radical (unpaired) electrons. The van der Waals surface area contributed by atoms with E-state index in [1.165, 1.54) is 0 Å². The normalized spacial score (nSPS) is 13.5. The largest absolute Gasteiger partial charge is 0.260 e. The fourth-order valence-electron chi connectivity index (χ4n) is 0.0264. The minimum Gasteiger partial charge on any atom is -0.260 e. The lowest BCUT2D eigenvalue weighted by molar-refractivity contribution is 1.09. The molecule has 1 atom stereocenters. The number of nitrogens with one attached hydrogen (secondary N) is 2. The van der Waals surface area contributed by atoms with Crippen molar-refractivity contribution in [2.45, 2.75) is 0 Å². The summed E-state index contributed by atoms with van der Waals surface area (Å²) in [4.78, 5) is 2.10. The summed E-state index contributed by atoms with van der Waals surface area (Å²) in [6.45, 7) is 0. The van der Waals surface area contributed by atoms with Gasteiger partial charge in [0.25, 0.3) is 0 Å². The Morgan fingerprint density at radius 2 is 2.50 bits per heavy atom. The highest BCUT2D eigenvalue weighted by Gasteiger charge is 1.73. The first-order chi connectivity index (χ1) is 2.81. The minimum atomic E-state index is -0.881. The van der Waals surface area contributed by atoms with Gasteiger partial charge in [0.1, 0.15) is 0 Å². The first-order valence-corrected chi connectivity index (χ1v) is 3.17. The van der Waals surface area contributed by atoms with Crippen LogP contribution in [0.15, 0.2) is 4.52 Å². The molecule has 0 aliphatic carbocycles. The standard InChI is InChI=1S/H4N4S2/c1-3-6(5)4-2/h1,4H,2H2. The van der Waals surface area contributed by atoms with Crippen LogP contribution in [0.2, 0.25) is 0 Å². The van der Waals surface area contributed by atoms with Gasteiger partial charge in [0, 0.05) is 0 Å². The van der Waals surface area contributed by atoms with E-state index in [9.17, 15) is 0 Å². The van der Waals surface area contributed by atoms with Crippen LogP contribution in [0.4, 0.5) is 0 Å². The Labute approximate surface area is 42.4 Å². The van der Waals surface area contributed by atoms with Crippen molar-refractivity contribution in [3.8, 4) is 0 Å². The molecule has 0 saturated carbocycles. The van der Waals surface area contributed by atoms with Gasteiger partial charge in [-0.15, -0.1) is 4.52 Å². The molecular weight excluding hydrogens is 120 g/mol. The van der Waals surface area contributed by atoms with Crippen molar-refractivity contribution in [2.75, 3.05) is 0 Å². The van der Waals surface area contributed by atoms with Gasteiger partial charge < -0.3 is 0 Å². The lowest BCUT2D eigenvalue weighted by Gasteiger charge is -1.84. The second-order valence-electron chi connectivity index (χ2n) is 0.458. The monoisotopic (exact) mass is 124 g/mol. The highest BCUT2D eigenvalue weighted by Crippen LogP contribution is 1.66. The molecule has 4 nitrogen and oxygen atoms in total. The molecule has 0 fully saturated rings. The van der Waals surface area contributed by atoms with Crippen LogP contribution >= 0.6 is 0 Å². The van der Waals surface area contributed by atoms with Crippen molar-refractivity contribution < 1.29 is 0 Å². The Hall–Kier alpha value is 0.0900. The smallest absolute Gasteiger partial charge is 0.1000 e. The molecule has 0 aromatic carbocycles. The van der Waals surface area contributed by atoms with Crippen LogP contribution in [0.5, 0.6) is 0 Å². The number of hydrazine groups is 1. The molecule has 0 aromatic heterocycles. The molecule has 1 unspecified atom stereocenters. The maximum Gasteiger partial charge on any atom is 0.1000 e. The summed E-state index contributed by atoms with van der Waals surface area (Å²) < 4.78 is 2.86. The highest BCUT2D eigenvalue weighted by molar-refractivity contribution is 8.26. The average Bonchev–Trinajstić information content (AvgIpc) is 1.65. The molecular formula is H4N4S2. The fourth-order valence-corrected chi connectivity index (χ4v) is 0.0791. The zero-order valence-electron chi connectivity index (χ0n) is 2.84. The van der Waals surface area contributed by atoms with Crippen molar-refractivity contribution in [3.05, 3.63) is 0 Å². The molecule has 0 aliphatic heterocycles. The lowest BCUT2D eigenvalue weighted by Crippen LogP contribution is -2.21. The third kappa shape index (κ3) is 2.33. The number of hydrogen-bond acceptors (Lipinski definition) is 3. The summed E-state index contributed by atoms with van der Waals surface area (Å²) in [7, 11) is -0.881. The van der Waals surface area contributed by atoms with Crippen molar-refractivity contribution in [3.63, 3.8) is 0 Å². The SMILES string of the molecule is N=NS(=S)NN. The molecule has 0 aliphatic rings. The summed E-state index contributed by atoms with van der Waals surface area (Å²) in [5, 5.41) is 0. The van der Waals surface area contributed by atoms with E-state index >= 15 is 0 Å². The van der Waals surface area contributed by atoms with E-state index in [0.717, 1.165) is 0 Å². The molecule has 0 rings (SSSR count). The van der Waals surface area contributed by atoms with E-state index in [4.69, 9.17) is 11.4 Å². The molecule has 0 spiro atoms. The van der Waals surface area contributed by atoms with Crippen molar-refractivity contribution in [1.29, 1.82) is 5.53 Å². The van der Waals surface area contributed by atoms with Gasteiger partial charge in [0.15, 0.2) is 0 Å². The molecule has 0 heterocycles. The molecule has 0 aromatic rings. The Morgan fingerprint density at radius 1 is 2.00 bits per heavy atom. The first kappa shape index (κ1) is 6.09. The van der Waals surface area contributed by atoms with E-state index in [2.05, 4.69) is 20.5 Å². The average molecular weight is 124 g/mol. The summed E-state index contributed by atoms with van der Waals surface area (Å²) in [6.07, 6.45) is 0. The van der Waals surface area contributed by atoms with Crippen molar-refractivity contribution in [1.82, 2.24) is 4.83 Å². The first-order valence-electron chi connectivity index (χ1n) is 1.07. The second-order valence-corrected chi connectivity index (χ2v) is 2.32. The van der Waals surface area contributed by atoms with Gasteiger partial charge >= 0.3 is 0 Å². The number of nitrogens with two attached hydrogens (primary N) is 1. The topological polar surface area (TPSA) is 74.3 Å². The van der Waals surface area contributed by atoms with Crippen LogP contribution in [0, 0.1) is 5.53 Å². The van der Waals surface area contributed by atoms with Crippen molar-refractivity contribution >= 4 is 21.0 Å². The molecule has 0 bridgehead atoms. The van der Waals surface area contributed by atoms with Gasteiger partial charge in [-0.05, 0) is 11.2 Å². The van der Waals surface area contributed by atoms with E-state index in [0.29, 0.717) is 0 Å². The second kappa shape index (κ2) is 3.29. The van der Waals surface area contributed by atoms with Gasteiger partial charge in [-0.25, -0.2) is 0 Å². The van der Waals surface area contributed by atoms with Crippen LogP contribution < -0.4 is 10.7 Å². The zero-order valence-corrected chi connectivity index (χ0v) is 4.47. The molecule has 0 amide bonds. The van der Waals surface area contributed by atoms with Gasteiger partial charge in [-0.3, -0.25) is 5.84 Å². The Kier molecular flexibility index (Phi) is 3.34. The number of rotatable bonds is 2. The van der Waals surface area contributed by atoms with E-state index in [-0.39, 0.29) is 0 Å². The van der Waals surface area contributed by atoms with Crippen LogP contribution in [-0.2, 0) is 21.0 Å². The minimum absolute atomic E-state index is 0.881. The van der Waals surface area contributed by atoms with Gasteiger partial charge in [-0.1, -0.05) is 0 Å². The molecule has 4 N–H and O–H groups in total. The summed E-state index contributed by atoms with van der Waals surface area (Å²) in [5.41, 5.74) is 6.20. The van der Waals surface area contributed by atoms with Crippen LogP contribution in [-0.4, -0.2) is 0 Å². The Balaban J connectivity index is 3.23. The molecule has 6 heavy (non-hydrogen) atoms. The molecule has 6 heteroatoms. The van der Waals surface area contributed by atoms with Gasteiger partial charge in [0.2, 0.25) is 0 Å². The maximum atomic E-state index is 6.20. The van der Waals surface area contributed by atoms with Crippen LogP contribution in [0.1, 0.15) is 0 Å². The van der Waals surface area contributed by atoms with Gasteiger partial charge in [-0.2, -0.15) is 10.4 Å². The number of nitrogens with zero attached hydrogens (tertiary/aromatic N) is 1. The van der Waals surface area contributed by atoms with E-state index in [1.807, 2.05) is 0 Å². The quantitative estimate of drug-likeness (QED) is 0.261. The summed E-state index contributed by atoms with van der Waals surface area (Å²) in [5.74, 6) is 4.73. The lowest BCUT2D eigenvalue weighted by atomic mass is 13.0. The Morgan fingerprint density at radius 3 is 2.50 bits per heavy atom. The number of hydrogen-bond donors (Lipinski definition) is 3. The zero-order chi connectivity index (χ0) is 4.99. The third-order valence-electron chi connectivity index (χ3n) is 0.184. The van der Waals surface area contributed by atoms with E-state index in [1.54, 1.807) is 0 Å². The predicted octanol–water partition coefficient (Wildman–Crippen LogP) is -0.609. The molecule has 36 valence electrons. The van der Waals surface area contributed by atoms with E-state index < -0.39 is 9.83 Å². The fraction of sp³-hybridized carbons (Fsp3) is 0. The molecule has 0 saturated heterocycles. The van der Waals surface area contributed by atoms with Crippen LogP contribution in [0.3, 0.4) is 0 Å². The third-order valence-corrected chi connectivity index (χ3v) is 1.06. The summed E-state index contributed by atoms with van der Waals surface area (Å²) in [6, 6.07) is 0. The maximum absolute atomic E-state index is 6.20. The van der Waals surface area contributed by atoms with Gasteiger partial charge in [0.05, 0.1) is 9.83 Å². The van der Waals surface area contributed by atoms with Crippen molar-refractivity contribution in [2.24, 2.45) is 10.4 Å². The Bertz CT molecular complexity index is 65.9. The predicted molar refractivity (Wildman–Crippen MR) is 27.2 cm³/mol. The van der Waals surface area contributed by atoms with Crippen LogP contribution in [0.25, 0.3) is 0 Å².